The number of thioether (sulfide) groups is 1. The number of ether oxygens (including phenoxy) is 2. The van der Waals surface area contributed by atoms with E-state index in [9.17, 15) is 4.79 Å². The zero-order valence-corrected chi connectivity index (χ0v) is 21.6. The number of rotatable bonds is 9. The number of hydrogen-bond acceptors (Lipinski definition) is 5. The van der Waals surface area contributed by atoms with Crippen LogP contribution in [-0.4, -0.2) is 44.4 Å². The van der Waals surface area contributed by atoms with Gasteiger partial charge >= 0.3 is 0 Å². The van der Waals surface area contributed by atoms with E-state index in [0.29, 0.717) is 18.0 Å². The Labute approximate surface area is 212 Å². The summed E-state index contributed by atoms with van der Waals surface area (Å²) in [6, 6.07) is 22.4. The van der Waals surface area contributed by atoms with Gasteiger partial charge in [-0.15, -0.1) is 11.8 Å². The summed E-state index contributed by atoms with van der Waals surface area (Å²) < 4.78 is 10.9. The number of piperidine rings is 1. The van der Waals surface area contributed by atoms with Crippen molar-refractivity contribution >= 4 is 17.7 Å². The standard InChI is InChI=1S/C29H34N2O3S/c1-33-26-10-7-25(28(18-26)34-2)20-31-15-13-22(14-16-31)24-6-4-5-21(17-24)19-30-29(32)23-8-11-27(35-3)12-9-23/h4-12,17-18,22H,13-16,19-20H2,1-3H3,(H,30,32). The van der Waals surface area contributed by atoms with Crippen molar-refractivity contribution < 1.29 is 14.3 Å². The minimum Gasteiger partial charge on any atom is -0.497 e. The van der Waals surface area contributed by atoms with Gasteiger partial charge in [0, 0.05) is 35.2 Å². The van der Waals surface area contributed by atoms with E-state index in [-0.39, 0.29) is 5.91 Å². The molecule has 3 aromatic carbocycles. The number of likely N-dealkylation sites (tertiary alicyclic amines) is 1. The first-order chi connectivity index (χ1) is 17.1. The quantitative estimate of drug-likeness (QED) is 0.388. The van der Waals surface area contributed by atoms with Crippen LogP contribution in [0.3, 0.4) is 0 Å². The maximum atomic E-state index is 12.5. The molecule has 1 aliphatic heterocycles. The maximum Gasteiger partial charge on any atom is 0.251 e. The van der Waals surface area contributed by atoms with E-state index in [1.54, 1.807) is 26.0 Å². The Morgan fingerprint density at radius 3 is 2.46 bits per heavy atom. The molecule has 0 saturated carbocycles. The third kappa shape index (κ3) is 6.59. The van der Waals surface area contributed by atoms with E-state index in [4.69, 9.17) is 9.47 Å². The minimum absolute atomic E-state index is 0.0367. The Morgan fingerprint density at radius 1 is 1.00 bits per heavy atom. The highest BCUT2D eigenvalue weighted by atomic mass is 32.2. The lowest BCUT2D eigenvalue weighted by Gasteiger charge is -2.32. The normalized spacial score (nSPS) is 14.5. The van der Waals surface area contributed by atoms with E-state index in [2.05, 4.69) is 40.5 Å². The highest BCUT2D eigenvalue weighted by Gasteiger charge is 2.22. The highest BCUT2D eigenvalue weighted by molar-refractivity contribution is 7.98. The van der Waals surface area contributed by atoms with Gasteiger partial charge in [0.1, 0.15) is 11.5 Å². The second-order valence-electron chi connectivity index (χ2n) is 8.88. The molecule has 1 fully saturated rings. The predicted molar refractivity (Wildman–Crippen MR) is 143 cm³/mol. The molecule has 4 rings (SSSR count). The second-order valence-corrected chi connectivity index (χ2v) is 9.76. The monoisotopic (exact) mass is 490 g/mol. The van der Waals surface area contributed by atoms with Crippen LogP contribution in [-0.2, 0) is 13.1 Å². The van der Waals surface area contributed by atoms with Crippen molar-refractivity contribution in [3.05, 3.63) is 89.0 Å². The molecule has 35 heavy (non-hydrogen) atoms. The zero-order chi connectivity index (χ0) is 24.6. The molecule has 5 nitrogen and oxygen atoms in total. The Hall–Kier alpha value is -2.96. The van der Waals surface area contributed by atoms with E-state index >= 15 is 0 Å². The molecule has 1 aliphatic rings. The van der Waals surface area contributed by atoms with Crippen LogP contribution in [0.2, 0.25) is 0 Å². The molecule has 0 aromatic heterocycles. The molecule has 0 aliphatic carbocycles. The molecule has 1 amide bonds. The Bertz CT molecular complexity index is 1130. The summed E-state index contributed by atoms with van der Waals surface area (Å²) in [6.07, 6.45) is 4.27. The van der Waals surface area contributed by atoms with Crippen LogP contribution in [0.1, 0.15) is 45.8 Å². The van der Waals surface area contributed by atoms with Gasteiger partial charge in [-0.1, -0.05) is 30.3 Å². The first-order valence-electron chi connectivity index (χ1n) is 12.0. The zero-order valence-electron chi connectivity index (χ0n) is 20.8. The van der Waals surface area contributed by atoms with Crippen LogP contribution >= 0.6 is 11.8 Å². The van der Waals surface area contributed by atoms with Crippen molar-refractivity contribution in [1.82, 2.24) is 10.2 Å². The molecule has 0 spiro atoms. The average Bonchev–Trinajstić information content (AvgIpc) is 2.92. The van der Waals surface area contributed by atoms with Crippen LogP contribution in [0.4, 0.5) is 0 Å². The highest BCUT2D eigenvalue weighted by Crippen LogP contribution is 2.31. The number of carbonyl (C=O) groups is 1. The molecule has 1 saturated heterocycles. The van der Waals surface area contributed by atoms with Crippen molar-refractivity contribution in [2.45, 2.75) is 36.7 Å². The average molecular weight is 491 g/mol. The molecular weight excluding hydrogens is 456 g/mol. The number of carbonyl (C=O) groups excluding carboxylic acids is 1. The lowest BCUT2D eigenvalue weighted by Crippen LogP contribution is -2.32. The minimum atomic E-state index is -0.0367. The van der Waals surface area contributed by atoms with Crippen LogP contribution in [0.15, 0.2) is 71.6 Å². The molecule has 1 heterocycles. The van der Waals surface area contributed by atoms with Gasteiger partial charge in [0.05, 0.1) is 14.2 Å². The lowest BCUT2D eigenvalue weighted by molar-refractivity contribution is 0.0951. The van der Waals surface area contributed by atoms with E-state index in [1.165, 1.54) is 11.1 Å². The van der Waals surface area contributed by atoms with Crippen LogP contribution in [0.5, 0.6) is 11.5 Å². The molecule has 1 N–H and O–H groups in total. The number of amides is 1. The van der Waals surface area contributed by atoms with E-state index in [1.807, 2.05) is 42.7 Å². The molecule has 0 bridgehead atoms. The van der Waals surface area contributed by atoms with Crippen LogP contribution in [0, 0.1) is 0 Å². The first kappa shape index (κ1) is 25.1. The molecular formula is C29H34N2O3S. The van der Waals surface area contributed by atoms with Crippen LogP contribution in [0.25, 0.3) is 0 Å². The Morgan fingerprint density at radius 2 is 1.77 bits per heavy atom. The molecule has 184 valence electrons. The fraction of sp³-hybridized carbons (Fsp3) is 0.345. The van der Waals surface area contributed by atoms with Gasteiger partial charge in [-0.25, -0.2) is 0 Å². The predicted octanol–water partition coefficient (Wildman–Crippen LogP) is 5.74. The fourth-order valence-electron chi connectivity index (χ4n) is 4.63. The summed E-state index contributed by atoms with van der Waals surface area (Å²) in [7, 11) is 3.38. The maximum absolute atomic E-state index is 12.5. The largest absolute Gasteiger partial charge is 0.497 e. The van der Waals surface area contributed by atoms with E-state index in [0.717, 1.165) is 54.4 Å². The summed E-state index contributed by atoms with van der Waals surface area (Å²) in [5.74, 6) is 2.19. The smallest absolute Gasteiger partial charge is 0.251 e. The number of nitrogens with one attached hydrogen (secondary N) is 1. The van der Waals surface area contributed by atoms with Gasteiger partial charge < -0.3 is 14.8 Å². The van der Waals surface area contributed by atoms with Gasteiger partial charge in [-0.2, -0.15) is 0 Å². The molecule has 0 radical (unpaired) electrons. The number of hydrogen-bond donors (Lipinski definition) is 1. The van der Waals surface area contributed by atoms with Gasteiger partial charge in [0.25, 0.3) is 5.91 Å². The van der Waals surface area contributed by atoms with Gasteiger partial charge in [0.15, 0.2) is 0 Å². The van der Waals surface area contributed by atoms with Crippen molar-refractivity contribution in [3.8, 4) is 11.5 Å². The van der Waals surface area contributed by atoms with Crippen LogP contribution < -0.4 is 14.8 Å². The molecule has 6 heteroatoms. The van der Waals surface area contributed by atoms with Gasteiger partial charge in [-0.3, -0.25) is 9.69 Å². The SMILES string of the molecule is COc1ccc(CN2CCC(c3cccc(CNC(=O)c4ccc(SC)cc4)c3)CC2)c(OC)c1. The fourth-order valence-corrected chi connectivity index (χ4v) is 5.04. The second kappa shape index (κ2) is 12.1. The van der Waals surface area contributed by atoms with Gasteiger partial charge in [-0.05, 0) is 79.6 Å². The number of benzene rings is 3. The molecule has 3 aromatic rings. The summed E-state index contributed by atoms with van der Waals surface area (Å²) >= 11 is 1.67. The Kier molecular flexibility index (Phi) is 8.72. The summed E-state index contributed by atoms with van der Waals surface area (Å²) in [6.45, 7) is 3.51. The van der Waals surface area contributed by atoms with Crippen molar-refractivity contribution in [3.63, 3.8) is 0 Å². The topological polar surface area (TPSA) is 50.8 Å². The first-order valence-corrected chi connectivity index (χ1v) is 13.3. The third-order valence-electron chi connectivity index (χ3n) is 6.70. The molecule has 0 unspecified atom stereocenters. The third-order valence-corrected chi connectivity index (χ3v) is 7.45. The van der Waals surface area contributed by atoms with Crippen molar-refractivity contribution in [2.24, 2.45) is 0 Å². The summed E-state index contributed by atoms with van der Waals surface area (Å²) in [4.78, 5) is 16.2. The van der Waals surface area contributed by atoms with Crippen molar-refractivity contribution in [2.75, 3.05) is 33.6 Å². The summed E-state index contributed by atoms with van der Waals surface area (Å²) in [5.41, 5.74) is 4.39. The lowest BCUT2D eigenvalue weighted by atomic mass is 9.88. The Balaban J connectivity index is 1.30. The van der Waals surface area contributed by atoms with Crippen molar-refractivity contribution in [1.29, 1.82) is 0 Å². The summed E-state index contributed by atoms with van der Waals surface area (Å²) in [5, 5.41) is 3.06. The van der Waals surface area contributed by atoms with E-state index < -0.39 is 0 Å². The van der Waals surface area contributed by atoms with Gasteiger partial charge in [0.2, 0.25) is 0 Å². The molecule has 0 atom stereocenters. The number of nitrogens with zero attached hydrogens (tertiary/aromatic N) is 1. The number of methoxy groups -OCH3 is 2.